The summed E-state index contributed by atoms with van der Waals surface area (Å²) in [4.78, 5) is 0. The maximum atomic E-state index is 5.57. The van der Waals surface area contributed by atoms with Crippen molar-refractivity contribution in [1.82, 2.24) is 10.6 Å². The van der Waals surface area contributed by atoms with Crippen molar-refractivity contribution in [3.63, 3.8) is 0 Å². The molecule has 3 aromatic rings. The molecule has 2 nitrogen and oxygen atoms in total. The summed E-state index contributed by atoms with van der Waals surface area (Å²) in [7, 11) is 0. The van der Waals surface area contributed by atoms with Crippen LogP contribution in [0.4, 0.5) is 0 Å². The zero-order chi connectivity index (χ0) is 18.4. The topological polar surface area (TPSA) is 24.1 Å². The number of rotatable bonds is 5. The van der Waals surface area contributed by atoms with E-state index in [0.717, 1.165) is 0 Å². The first-order valence-corrected chi connectivity index (χ1v) is 9.24. The number of nitrogens with one attached hydrogen (secondary N) is 2. The fourth-order valence-corrected chi connectivity index (χ4v) is 3.38. The Morgan fingerprint density at radius 2 is 1.31 bits per heavy atom. The summed E-state index contributed by atoms with van der Waals surface area (Å²) in [5, 5.41) is 7.47. The van der Waals surface area contributed by atoms with Gasteiger partial charge in [-0.1, -0.05) is 90.0 Å². The summed E-state index contributed by atoms with van der Waals surface area (Å²) in [6.45, 7) is 4.95. The zero-order valence-corrected chi connectivity index (χ0v) is 16.0. The van der Waals surface area contributed by atoms with Crippen LogP contribution in [-0.2, 0) is 6.54 Å². The maximum absolute atomic E-state index is 5.57. The van der Waals surface area contributed by atoms with Gasteiger partial charge in [-0.2, -0.15) is 0 Å². The molecular formula is C23H24N2S. The third-order valence-corrected chi connectivity index (χ3v) is 4.54. The minimum atomic E-state index is 0.0247. The van der Waals surface area contributed by atoms with E-state index in [1.54, 1.807) is 0 Å². The van der Waals surface area contributed by atoms with Gasteiger partial charge in [0.25, 0.3) is 0 Å². The predicted octanol–water partition coefficient (Wildman–Crippen LogP) is 5.06. The minimum Gasteiger partial charge on any atom is -0.359 e. The summed E-state index contributed by atoms with van der Waals surface area (Å²) < 4.78 is 0. The Bertz CT molecular complexity index is 800. The van der Waals surface area contributed by atoms with Crippen molar-refractivity contribution < 1.29 is 0 Å². The molecule has 0 aliphatic rings. The second-order valence-electron chi connectivity index (χ2n) is 6.58. The van der Waals surface area contributed by atoms with Gasteiger partial charge in [-0.05, 0) is 42.8 Å². The summed E-state index contributed by atoms with van der Waals surface area (Å²) in [6.07, 6.45) is 0. The molecule has 0 aliphatic carbocycles. The second kappa shape index (κ2) is 8.63. The molecule has 0 spiro atoms. The highest BCUT2D eigenvalue weighted by Crippen LogP contribution is 2.21. The molecular weight excluding hydrogens is 336 g/mol. The lowest BCUT2D eigenvalue weighted by atomic mass is 9.99. The summed E-state index contributed by atoms with van der Waals surface area (Å²) in [6, 6.07) is 27.4. The fraction of sp³-hybridized carbons (Fsp3) is 0.174. The first kappa shape index (κ1) is 18.2. The Kier molecular flexibility index (Phi) is 6.03. The Morgan fingerprint density at radius 3 is 1.81 bits per heavy atom. The molecule has 0 atom stereocenters. The second-order valence-corrected chi connectivity index (χ2v) is 6.99. The number of hydrogen-bond acceptors (Lipinski definition) is 1. The van der Waals surface area contributed by atoms with Crippen LogP contribution < -0.4 is 10.6 Å². The number of benzene rings is 3. The van der Waals surface area contributed by atoms with Crippen LogP contribution in [0.5, 0.6) is 0 Å². The predicted molar refractivity (Wildman–Crippen MR) is 113 cm³/mol. The lowest BCUT2D eigenvalue weighted by Gasteiger charge is -2.22. The van der Waals surface area contributed by atoms with E-state index in [0.29, 0.717) is 11.7 Å². The lowest BCUT2D eigenvalue weighted by Crippen LogP contribution is -2.37. The van der Waals surface area contributed by atoms with Crippen molar-refractivity contribution in [1.29, 1.82) is 0 Å². The molecule has 0 bridgehead atoms. The van der Waals surface area contributed by atoms with Gasteiger partial charge in [0, 0.05) is 6.54 Å². The van der Waals surface area contributed by atoms with Crippen LogP contribution in [-0.4, -0.2) is 5.11 Å². The van der Waals surface area contributed by atoms with E-state index >= 15 is 0 Å². The van der Waals surface area contributed by atoms with Gasteiger partial charge >= 0.3 is 0 Å². The van der Waals surface area contributed by atoms with Gasteiger partial charge in [0.1, 0.15) is 0 Å². The SMILES string of the molecule is Cc1cc(C)cc(CNC(=S)NC(c2ccccc2)c2ccccc2)c1. The maximum Gasteiger partial charge on any atom is 0.167 e. The first-order valence-electron chi connectivity index (χ1n) is 8.83. The van der Waals surface area contributed by atoms with E-state index in [4.69, 9.17) is 12.2 Å². The van der Waals surface area contributed by atoms with Crippen LogP contribution in [0.3, 0.4) is 0 Å². The van der Waals surface area contributed by atoms with E-state index < -0.39 is 0 Å². The normalized spacial score (nSPS) is 10.6. The number of hydrogen-bond donors (Lipinski definition) is 2. The van der Waals surface area contributed by atoms with Crippen LogP contribution in [0.1, 0.15) is 33.9 Å². The highest BCUT2D eigenvalue weighted by atomic mass is 32.1. The van der Waals surface area contributed by atoms with Crippen LogP contribution in [0.2, 0.25) is 0 Å². The molecule has 0 heterocycles. The van der Waals surface area contributed by atoms with Crippen LogP contribution in [0.15, 0.2) is 78.9 Å². The average molecular weight is 361 g/mol. The highest BCUT2D eigenvalue weighted by molar-refractivity contribution is 7.80. The first-order chi connectivity index (χ1) is 12.6. The van der Waals surface area contributed by atoms with Gasteiger partial charge in [0.15, 0.2) is 5.11 Å². The van der Waals surface area contributed by atoms with Gasteiger partial charge in [-0.25, -0.2) is 0 Å². The molecule has 132 valence electrons. The molecule has 0 radical (unpaired) electrons. The third-order valence-electron chi connectivity index (χ3n) is 4.28. The van der Waals surface area contributed by atoms with E-state index in [-0.39, 0.29) is 6.04 Å². The van der Waals surface area contributed by atoms with E-state index in [1.807, 2.05) is 12.1 Å². The van der Waals surface area contributed by atoms with Crippen molar-refractivity contribution in [3.05, 3.63) is 107 Å². The molecule has 2 N–H and O–H groups in total. The van der Waals surface area contributed by atoms with Crippen molar-refractivity contribution in [3.8, 4) is 0 Å². The summed E-state index contributed by atoms with van der Waals surface area (Å²) in [5.41, 5.74) is 6.16. The van der Waals surface area contributed by atoms with E-state index in [1.165, 1.54) is 27.8 Å². The molecule has 0 amide bonds. The van der Waals surface area contributed by atoms with Gasteiger partial charge in [0.05, 0.1) is 6.04 Å². The molecule has 0 fully saturated rings. The summed E-state index contributed by atoms with van der Waals surface area (Å²) in [5.74, 6) is 0. The lowest BCUT2D eigenvalue weighted by molar-refractivity contribution is 0.735. The van der Waals surface area contributed by atoms with Crippen molar-refractivity contribution in [2.24, 2.45) is 0 Å². The molecule has 0 saturated carbocycles. The molecule has 3 heteroatoms. The van der Waals surface area contributed by atoms with Gasteiger partial charge < -0.3 is 10.6 Å². The number of thiocarbonyl (C=S) groups is 1. The highest BCUT2D eigenvalue weighted by Gasteiger charge is 2.14. The molecule has 0 aliphatic heterocycles. The van der Waals surface area contributed by atoms with Crippen LogP contribution >= 0.6 is 12.2 Å². The molecule has 0 saturated heterocycles. The Hall–Kier alpha value is -2.65. The third kappa shape index (κ3) is 4.93. The number of aryl methyl sites for hydroxylation is 2. The Balaban J connectivity index is 1.71. The average Bonchev–Trinajstić information content (AvgIpc) is 2.65. The molecule has 0 aromatic heterocycles. The van der Waals surface area contributed by atoms with Crippen molar-refractivity contribution in [2.75, 3.05) is 0 Å². The quantitative estimate of drug-likeness (QED) is 0.622. The van der Waals surface area contributed by atoms with Crippen LogP contribution in [0, 0.1) is 13.8 Å². The monoisotopic (exact) mass is 360 g/mol. The molecule has 0 unspecified atom stereocenters. The zero-order valence-electron chi connectivity index (χ0n) is 15.2. The van der Waals surface area contributed by atoms with E-state index in [2.05, 4.69) is 91.2 Å². The molecule has 26 heavy (non-hydrogen) atoms. The smallest absolute Gasteiger partial charge is 0.167 e. The van der Waals surface area contributed by atoms with Gasteiger partial charge in [0.2, 0.25) is 0 Å². The molecule has 3 aromatic carbocycles. The Labute approximate surface area is 161 Å². The van der Waals surface area contributed by atoms with Crippen LogP contribution in [0.25, 0.3) is 0 Å². The van der Waals surface area contributed by atoms with Crippen molar-refractivity contribution >= 4 is 17.3 Å². The standard InChI is InChI=1S/C23H24N2S/c1-17-13-18(2)15-19(14-17)16-24-23(26)25-22(20-9-5-3-6-10-20)21-11-7-4-8-12-21/h3-15,22H,16H2,1-2H3,(H2,24,25,26). The molecule has 3 rings (SSSR count). The van der Waals surface area contributed by atoms with Gasteiger partial charge in [-0.3, -0.25) is 0 Å². The Morgan fingerprint density at radius 1 is 0.808 bits per heavy atom. The fourth-order valence-electron chi connectivity index (χ4n) is 3.19. The van der Waals surface area contributed by atoms with Gasteiger partial charge in [-0.15, -0.1) is 0 Å². The van der Waals surface area contributed by atoms with E-state index in [9.17, 15) is 0 Å². The van der Waals surface area contributed by atoms with Crippen molar-refractivity contribution in [2.45, 2.75) is 26.4 Å². The largest absolute Gasteiger partial charge is 0.359 e. The minimum absolute atomic E-state index is 0.0247. The summed E-state index contributed by atoms with van der Waals surface area (Å²) >= 11 is 5.57.